The van der Waals surface area contributed by atoms with Gasteiger partial charge in [-0.15, -0.1) is 0 Å². The van der Waals surface area contributed by atoms with Gasteiger partial charge < -0.3 is 15.0 Å². The predicted octanol–water partition coefficient (Wildman–Crippen LogP) is 2.36. The van der Waals surface area contributed by atoms with Crippen molar-refractivity contribution in [3.63, 3.8) is 0 Å². The summed E-state index contributed by atoms with van der Waals surface area (Å²) in [5.74, 6) is 3.42. The molecule has 0 aromatic heterocycles. The maximum Gasteiger partial charge on any atom is 0.193 e. The van der Waals surface area contributed by atoms with E-state index >= 15 is 0 Å². The van der Waals surface area contributed by atoms with Crippen LogP contribution < -0.4 is 5.32 Å². The maximum atomic E-state index is 5.27. The van der Waals surface area contributed by atoms with Crippen LogP contribution in [0.1, 0.15) is 39.0 Å². The first-order chi connectivity index (χ1) is 9.74. The number of ether oxygens (including phenoxy) is 1. The number of guanidine groups is 1. The van der Waals surface area contributed by atoms with Gasteiger partial charge in [0.25, 0.3) is 0 Å². The smallest absolute Gasteiger partial charge is 0.193 e. The molecule has 3 atom stereocenters. The molecule has 0 amide bonds. The van der Waals surface area contributed by atoms with Gasteiger partial charge in [-0.1, -0.05) is 26.2 Å². The first kappa shape index (κ1) is 15.6. The second-order valence-corrected chi connectivity index (χ2v) is 6.51. The summed E-state index contributed by atoms with van der Waals surface area (Å²) < 4.78 is 5.27. The Bertz CT molecular complexity index is 319. The fourth-order valence-corrected chi connectivity index (χ4v) is 3.65. The summed E-state index contributed by atoms with van der Waals surface area (Å²) in [6, 6.07) is 0. The second kappa shape index (κ2) is 7.87. The molecule has 1 N–H and O–H groups in total. The van der Waals surface area contributed by atoms with Crippen LogP contribution >= 0.6 is 0 Å². The Kier molecular flexibility index (Phi) is 6.14. The normalized spacial score (nSPS) is 31.6. The van der Waals surface area contributed by atoms with E-state index in [2.05, 4.69) is 22.1 Å². The molecule has 0 radical (unpaired) electrons. The van der Waals surface area contributed by atoms with Crippen molar-refractivity contribution in [2.24, 2.45) is 22.7 Å². The van der Waals surface area contributed by atoms with Gasteiger partial charge in [0.2, 0.25) is 0 Å². The molecule has 4 nitrogen and oxygen atoms in total. The standard InChI is InChI=1S/C16H31N3O/c1-13-6-4-5-7-15(13)10-18-16(17-2)19-9-8-14(11-19)12-20-3/h13-15H,4-12H2,1-3H3,(H,17,18). The van der Waals surface area contributed by atoms with Gasteiger partial charge in [0.1, 0.15) is 0 Å². The van der Waals surface area contributed by atoms with Crippen molar-refractivity contribution in [1.82, 2.24) is 10.2 Å². The second-order valence-electron chi connectivity index (χ2n) is 6.51. The lowest BCUT2D eigenvalue weighted by Gasteiger charge is -2.30. The summed E-state index contributed by atoms with van der Waals surface area (Å²) in [5.41, 5.74) is 0. The van der Waals surface area contributed by atoms with E-state index in [1.807, 2.05) is 7.05 Å². The number of methoxy groups -OCH3 is 1. The van der Waals surface area contributed by atoms with Crippen LogP contribution in [0.25, 0.3) is 0 Å². The van der Waals surface area contributed by atoms with Crippen molar-refractivity contribution in [2.45, 2.75) is 39.0 Å². The molecule has 2 fully saturated rings. The van der Waals surface area contributed by atoms with Crippen LogP contribution in [-0.4, -0.2) is 51.3 Å². The zero-order valence-corrected chi connectivity index (χ0v) is 13.4. The van der Waals surface area contributed by atoms with E-state index in [0.717, 1.165) is 44.0 Å². The van der Waals surface area contributed by atoms with Crippen molar-refractivity contribution in [3.05, 3.63) is 0 Å². The molecule has 1 aliphatic heterocycles. The van der Waals surface area contributed by atoms with E-state index in [1.54, 1.807) is 7.11 Å². The molecular formula is C16H31N3O. The number of aliphatic imine (C=N–C) groups is 1. The molecule has 2 rings (SSSR count). The molecule has 1 heterocycles. The Morgan fingerprint density at radius 3 is 2.80 bits per heavy atom. The van der Waals surface area contributed by atoms with Crippen molar-refractivity contribution < 1.29 is 4.74 Å². The summed E-state index contributed by atoms with van der Waals surface area (Å²) in [5, 5.41) is 3.61. The quantitative estimate of drug-likeness (QED) is 0.635. The highest BCUT2D eigenvalue weighted by Gasteiger charge is 2.26. The SMILES string of the molecule is CN=C(NCC1CCCCC1C)N1CCC(COC)C1. The van der Waals surface area contributed by atoms with Crippen molar-refractivity contribution in [2.75, 3.05) is 40.4 Å². The number of nitrogens with zero attached hydrogens (tertiary/aromatic N) is 2. The summed E-state index contributed by atoms with van der Waals surface area (Å²) in [7, 11) is 3.69. The molecule has 4 heteroatoms. The molecule has 2 aliphatic rings. The van der Waals surface area contributed by atoms with E-state index in [-0.39, 0.29) is 0 Å². The van der Waals surface area contributed by atoms with E-state index in [4.69, 9.17) is 4.74 Å². The van der Waals surface area contributed by atoms with Crippen LogP contribution in [0, 0.1) is 17.8 Å². The Balaban J connectivity index is 1.78. The van der Waals surface area contributed by atoms with Crippen molar-refractivity contribution in [1.29, 1.82) is 0 Å². The van der Waals surface area contributed by atoms with Gasteiger partial charge in [-0.2, -0.15) is 0 Å². The van der Waals surface area contributed by atoms with Crippen LogP contribution in [0.3, 0.4) is 0 Å². The van der Waals surface area contributed by atoms with Crippen LogP contribution in [0.4, 0.5) is 0 Å². The first-order valence-electron chi connectivity index (χ1n) is 8.19. The number of rotatable bonds is 4. The fourth-order valence-electron chi connectivity index (χ4n) is 3.65. The molecule has 0 spiro atoms. The summed E-state index contributed by atoms with van der Waals surface area (Å²) in [4.78, 5) is 6.85. The number of likely N-dealkylation sites (tertiary alicyclic amines) is 1. The molecular weight excluding hydrogens is 250 g/mol. The minimum Gasteiger partial charge on any atom is -0.384 e. The lowest BCUT2D eigenvalue weighted by Crippen LogP contribution is -2.43. The van der Waals surface area contributed by atoms with Gasteiger partial charge in [0.15, 0.2) is 5.96 Å². The number of hydrogen-bond acceptors (Lipinski definition) is 2. The third kappa shape index (κ3) is 4.11. The third-order valence-corrected chi connectivity index (χ3v) is 5.01. The topological polar surface area (TPSA) is 36.9 Å². The zero-order valence-electron chi connectivity index (χ0n) is 13.4. The predicted molar refractivity (Wildman–Crippen MR) is 84.0 cm³/mol. The van der Waals surface area contributed by atoms with Crippen LogP contribution in [0.15, 0.2) is 4.99 Å². The monoisotopic (exact) mass is 281 g/mol. The molecule has 1 aliphatic carbocycles. The van der Waals surface area contributed by atoms with Crippen LogP contribution in [0.5, 0.6) is 0 Å². The minimum atomic E-state index is 0.659. The Morgan fingerprint density at radius 2 is 2.10 bits per heavy atom. The third-order valence-electron chi connectivity index (χ3n) is 5.01. The van der Waals surface area contributed by atoms with Crippen molar-refractivity contribution >= 4 is 5.96 Å². The molecule has 1 saturated carbocycles. The average molecular weight is 281 g/mol. The van der Waals surface area contributed by atoms with Gasteiger partial charge in [-0.3, -0.25) is 4.99 Å². The average Bonchev–Trinajstić information content (AvgIpc) is 2.90. The lowest BCUT2D eigenvalue weighted by atomic mass is 9.80. The summed E-state index contributed by atoms with van der Waals surface area (Å²) >= 11 is 0. The van der Waals surface area contributed by atoms with Gasteiger partial charge in [0.05, 0.1) is 6.61 Å². The van der Waals surface area contributed by atoms with Gasteiger partial charge >= 0.3 is 0 Å². The molecule has 0 aromatic rings. The van der Waals surface area contributed by atoms with Crippen LogP contribution in [0.2, 0.25) is 0 Å². The zero-order chi connectivity index (χ0) is 14.4. The molecule has 20 heavy (non-hydrogen) atoms. The summed E-state index contributed by atoms with van der Waals surface area (Å²) in [6.07, 6.45) is 6.79. The lowest BCUT2D eigenvalue weighted by molar-refractivity contribution is 0.157. The van der Waals surface area contributed by atoms with Gasteiger partial charge in [-0.25, -0.2) is 0 Å². The Morgan fingerprint density at radius 1 is 1.30 bits per heavy atom. The highest BCUT2D eigenvalue weighted by Crippen LogP contribution is 2.29. The molecule has 0 bridgehead atoms. The Hall–Kier alpha value is -0.770. The maximum absolute atomic E-state index is 5.27. The highest BCUT2D eigenvalue weighted by atomic mass is 16.5. The summed E-state index contributed by atoms with van der Waals surface area (Å²) in [6.45, 7) is 6.53. The van der Waals surface area contributed by atoms with Crippen LogP contribution in [-0.2, 0) is 4.74 Å². The largest absolute Gasteiger partial charge is 0.384 e. The minimum absolute atomic E-state index is 0.659. The molecule has 116 valence electrons. The highest BCUT2D eigenvalue weighted by molar-refractivity contribution is 5.80. The van der Waals surface area contributed by atoms with E-state index in [1.165, 1.54) is 32.1 Å². The van der Waals surface area contributed by atoms with Gasteiger partial charge in [-0.05, 0) is 24.7 Å². The van der Waals surface area contributed by atoms with E-state index < -0.39 is 0 Å². The number of hydrogen-bond donors (Lipinski definition) is 1. The molecule has 3 unspecified atom stereocenters. The van der Waals surface area contributed by atoms with Gasteiger partial charge in [0, 0.05) is 39.7 Å². The van der Waals surface area contributed by atoms with E-state index in [9.17, 15) is 0 Å². The number of nitrogens with one attached hydrogen (secondary N) is 1. The molecule has 1 saturated heterocycles. The molecule has 0 aromatic carbocycles. The first-order valence-corrected chi connectivity index (χ1v) is 8.19. The van der Waals surface area contributed by atoms with Crippen molar-refractivity contribution in [3.8, 4) is 0 Å². The fraction of sp³-hybridized carbons (Fsp3) is 0.938. The van der Waals surface area contributed by atoms with E-state index in [0.29, 0.717) is 5.92 Å². The Labute approximate surface area is 124 Å².